The molecule has 0 aliphatic heterocycles. The maximum absolute atomic E-state index is 12.0. The number of carboxylic acids is 1. The first-order valence-corrected chi connectivity index (χ1v) is 7.47. The van der Waals surface area contributed by atoms with Gasteiger partial charge in [-0.25, -0.2) is 9.59 Å². The third-order valence-corrected chi connectivity index (χ3v) is 3.19. The summed E-state index contributed by atoms with van der Waals surface area (Å²) in [5, 5.41) is 22.0. The standard InChI is InChI=1S/C18H20N2O6/c1-11-3-5-12(6-4-11)20-17(24)13(7-9-15(19)21)14(18(25)26-2)8-10-16(22)23/h3-10,17,20,24H,1-2H3,(H2,19,21)(H,22,23)/b9-7+,10-8+,14-13-. The number of carbonyl (C=O) groups is 3. The van der Waals surface area contributed by atoms with Crippen LogP contribution in [-0.4, -0.2) is 41.4 Å². The van der Waals surface area contributed by atoms with Crippen molar-refractivity contribution >= 4 is 23.5 Å². The minimum absolute atomic E-state index is 0.0891. The second-order valence-electron chi connectivity index (χ2n) is 5.18. The first-order chi connectivity index (χ1) is 12.2. The van der Waals surface area contributed by atoms with Gasteiger partial charge >= 0.3 is 11.9 Å². The number of aliphatic hydroxyl groups excluding tert-OH is 1. The number of anilines is 1. The maximum Gasteiger partial charge on any atom is 0.338 e. The topological polar surface area (TPSA) is 139 Å². The molecule has 0 spiro atoms. The normalized spacial score (nSPS) is 13.3. The van der Waals surface area contributed by atoms with Crippen LogP contribution in [0.4, 0.5) is 5.69 Å². The van der Waals surface area contributed by atoms with Crippen molar-refractivity contribution in [1.29, 1.82) is 0 Å². The van der Waals surface area contributed by atoms with Crippen molar-refractivity contribution in [1.82, 2.24) is 0 Å². The number of nitrogens with one attached hydrogen (secondary N) is 1. The lowest BCUT2D eigenvalue weighted by Gasteiger charge is -2.18. The summed E-state index contributed by atoms with van der Waals surface area (Å²) >= 11 is 0. The Bertz CT molecular complexity index is 762. The fourth-order valence-electron chi connectivity index (χ4n) is 1.93. The third-order valence-electron chi connectivity index (χ3n) is 3.19. The van der Waals surface area contributed by atoms with Gasteiger partial charge in [-0.3, -0.25) is 4.79 Å². The van der Waals surface area contributed by atoms with E-state index in [1.807, 2.05) is 19.1 Å². The lowest BCUT2D eigenvalue weighted by atomic mass is 10.0. The molecule has 1 atom stereocenters. The molecule has 0 bridgehead atoms. The number of nitrogens with two attached hydrogens (primary N) is 1. The molecule has 1 aromatic rings. The van der Waals surface area contributed by atoms with Crippen molar-refractivity contribution in [2.45, 2.75) is 13.2 Å². The number of aliphatic hydroxyl groups is 1. The van der Waals surface area contributed by atoms with Crippen molar-refractivity contribution in [2.24, 2.45) is 5.73 Å². The summed E-state index contributed by atoms with van der Waals surface area (Å²) in [4.78, 5) is 33.8. The number of amides is 1. The van der Waals surface area contributed by atoms with E-state index >= 15 is 0 Å². The van der Waals surface area contributed by atoms with Crippen molar-refractivity contribution < 1.29 is 29.3 Å². The molecule has 1 aromatic carbocycles. The van der Waals surface area contributed by atoms with E-state index in [9.17, 15) is 19.5 Å². The van der Waals surface area contributed by atoms with E-state index in [0.717, 1.165) is 30.9 Å². The molecule has 0 heterocycles. The number of ether oxygens (including phenoxy) is 1. The van der Waals surface area contributed by atoms with E-state index in [-0.39, 0.29) is 11.1 Å². The second-order valence-corrected chi connectivity index (χ2v) is 5.18. The number of aryl methyl sites for hydroxylation is 1. The zero-order valence-electron chi connectivity index (χ0n) is 14.3. The first-order valence-electron chi connectivity index (χ1n) is 7.47. The lowest BCUT2D eigenvalue weighted by molar-refractivity contribution is -0.135. The summed E-state index contributed by atoms with van der Waals surface area (Å²) in [5.74, 6) is -3.00. The van der Waals surface area contributed by atoms with Crippen LogP contribution in [0.25, 0.3) is 0 Å². The Labute approximate surface area is 150 Å². The van der Waals surface area contributed by atoms with Crippen molar-refractivity contribution in [3.8, 4) is 0 Å². The Kier molecular flexibility index (Phi) is 7.78. The zero-order chi connectivity index (χ0) is 19.7. The Morgan fingerprint density at radius 3 is 2.23 bits per heavy atom. The summed E-state index contributed by atoms with van der Waals surface area (Å²) in [6, 6.07) is 7.03. The molecule has 8 nitrogen and oxygen atoms in total. The van der Waals surface area contributed by atoms with Gasteiger partial charge in [0, 0.05) is 23.4 Å². The lowest BCUT2D eigenvalue weighted by Crippen LogP contribution is -2.24. The van der Waals surface area contributed by atoms with Gasteiger partial charge in [0.2, 0.25) is 5.91 Å². The molecule has 1 rings (SSSR count). The van der Waals surface area contributed by atoms with Gasteiger partial charge in [-0.2, -0.15) is 0 Å². The molecule has 0 saturated carbocycles. The SMILES string of the molecule is COC(=O)C(/C=C/C(=O)O)=C(/C=C/C(N)=O)C(O)Nc1ccc(C)cc1. The fourth-order valence-corrected chi connectivity index (χ4v) is 1.93. The summed E-state index contributed by atoms with van der Waals surface area (Å²) in [5.41, 5.74) is 6.27. The minimum atomic E-state index is -1.44. The molecule has 0 fully saturated rings. The summed E-state index contributed by atoms with van der Waals surface area (Å²) in [6.07, 6.45) is 2.29. The van der Waals surface area contributed by atoms with E-state index < -0.39 is 24.1 Å². The molecule has 0 aliphatic carbocycles. The van der Waals surface area contributed by atoms with Gasteiger partial charge in [0.25, 0.3) is 0 Å². The van der Waals surface area contributed by atoms with Crippen molar-refractivity contribution in [3.63, 3.8) is 0 Å². The number of aliphatic carboxylic acids is 1. The van der Waals surface area contributed by atoms with Crippen LogP contribution in [0, 0.1) is 6.92 Å². The fraction of sp³-hybridized carbons (Fsp3) is 0.167. The monoisotopic (exact) mass is 360 g/mol. The highest BCUT2D eigenvalue weighted by atomic mass is 16.5. The number of benzene rings is 1. The van der Waals surface area contributed by atoms with E-state index in [1.165, 1.54) is 0 Å². The number of carboxylic acid groups (broad SMARTS) is 1. The Morgan fingerprint density at radius 2 is 1.73 bits per heavy atom. The highest BCUT2D eigenvalue weighted by Gasteiger charge is 2.19. The van der Waals surface area contributed by atoms with Crippen LogP contribution in [-0.2, 0) is 19.1 Å². The molecule has 0 aliphatic rings. The summed E-state index contributed by atoms with van der Waals surface area (Å²) in [7, 11) is 1.10. The third kappa shape index (κ3) is 6.62. The van der Waals surface area contributed by atoms with Gasteiger partial charge in [0.05, 0.1) is 12.7 Å². The Balaban J connectivity index is 3.36. The van der Waals surface area contributed by atoms with Gasteiger partial charge in [-0.1, -0.05) is 17.7 Å². The van der Waals surface area contributed by atoms with E-state index in [4.69, 9.17) is 10.8 Å². The van der Waals surface area contributed by atoms with Gasteiger partial charge in [0.15, 0.2) is 6.23 Å². The molecule has 1 unspecified atom stereocenters. The van der Waals surface area contributed by atoms with Gasteiger partial charge in [-0.15, -0.1) is 0 Å². The number of hydrogen-bond acceptors (Lipinski definition) is 6. The quantitative estimate of drug-likeness (QED) is 0.233. The minimum Gasteiger partial charge on any atom is -0.478 e. The molecular weight excluding hydrogens is 340 g/mol. The average Bonchev–Trinajstić information content (AvgIpc) is 2.58. The van der Waals surface area contributed by atoms with Crippen molar-refractivity contribution in [2.75, 3.05) is 12.4 Å². The van der Waals surface area contributed by atoms with Gasteiger partial charge < -0.3 is 26.0 Å². The molecule has 0 aromatic heterocycles. The number of rotatable bonds is 8. The molecule has 0 radical (unpaired) electrons. The maximum atomic E-state index is 12.0. The molecular formula is C18H20N2O6. The zero-order valence-corrected chi connectivity index (χ0v) is 14.3. The van der Waals surface area contributed by atoms with Crippen LogP contribution >= 0.6 is 0 Å². The predicted molar refractivity (Wildman–Crippen MR) is 95.0 cm³/mol. The van der Waals surface area contributed by atoms with Crippen LogP contribution in [0.5, 0.6) is 0 Å². The molecule has 0 saturated heterocycles. The first kappa shape index (κ1) is 20.7. The molecule has 26 heavy (non-hydrogen) atoms. The predicted octanol–water partition coefficient (Wildman–Crippen LogP) is 0.877. The molecule has 1 amide bonds. The summed E-state index contributed by atoms with van der Waals surface area (Å²) in [6.45, 7) is 1.90. The van der Waals surface area contributed by atoms with Gasteiger partial charge in [0.1, 0.15) is 0 Å². The molecule has 5 N–H and O–H groups in total. The van der Waals surface area contributed by atoms with E-state index in [0.29, 0.717) is 11.8 Å². The van der Waals surface area contributed by atoms with E-state index in [1.54, 1.807) is 12.1 Å². The molecule has 138 valence electrons. The average molecular weight is 360 g/mol. The van der Waals surface area contributed by atoms with Crippen LogP contribution in [0.1, 0.15) is 5.56 Å². The number of methoxy groups -OCH3 is 1. The number of primary amides is 1. The Hall–Kier alpha value is -3.39. The number of hydrogen-bond donors (Lipinski definition) is 4. The van der Waals surface area contributed by atoms with Crippen LogP contribution in [0.3, 0.4) is 0 Å². The molecule has 8 heteroatoms. The number of esters is 1. The van der Waals surface area contributed by atoms with E-state index in [2.05, 4.69) is 10.1 Å². The van der Waals surface area contributed by atoms with Crippen LogP contribution in [0.2, 0.25) is 0 Å². The second kappa shape index (κ2) is 9.80. The highest BCUT2D eigenvalue weighted by molar-refractivity contribution is 5.96. The van der Waals surface area contributed by atoms with Gasteiger partial charge in [-0.05, 0) is 31.2 Å². The number of carbonyl (C=O) groups excluding carboxylic acids is 2. The largest absolute Gasteiger partial charge is 0.478 e. The summed E-state index contributed by atoms with van der Waals surface area (Å²) < 4.78 is 4.62. The van der Waals surface area contributed by atoms with Crippen LogP contribution < -0.4 is 11.1 Å². The highest BCUT2D eigenvalue weighted by Crippen LogP contribution is 2.18. The van der Waals surface area contributed by atoms with Crippen molar-refractivity contribution in [3.05, 3.63) is 65.3 Å². The smallest absolute Gasteiger partial charge is 0.338 e. The van der Waals surface area contributed by atoms with Crippen LogP contribution in [0.15, 0.2) is 59.7 Å². The Morgan fingerprint density at radius 1 is 1.12 bits per heavy atom.